The molecular formula is C12H19F2NO4. The molecule has 7 heteroatoms. The predicted octanol–water partition coefficient (Wildman–Crippen LogP) is 2.19. The zero-order chi connectivity index (χ0) is 15.1. The van der Waals surface area contributed by atoms with E-state index in [1.807, 2.05) is 0 Å². The predicted molar refractivity (Wildman–Crippen MR) is 62.9 cm³/mol. The molecule has 1 aliphatic rings. The van der Waals surface area contributed by atoms with Crippen LogP contribution in [0.1, 0.15) is 34.1 Å². The van der Waals surface area contributed by atoms with E-state index < -0.39 is 42.1 Å². The van der Waals surface area contributed by atoms with Crippen LogP contribution in [0.2, 0.25) is 0 Å². The van der Waals surface area contributed by atoms with Crippen molar-refractivity contribution in [3.63, 3.8) is 0 Å². The van der Waals surface area contributed by atoms with Crippen LogP contribution in [-0.2, 0) is 14.3 Å². The smallest absolute Gasteiger partial charge is 0.411 e. The van der Waals surface area contributed by atoms with Crippen LogP contribution in [-0.4, -0.2) is 47.7 Å². The van der Waals surface area contributed by atoms with Crippen LogP contribution in [0.15, 0.2) is 0 Å². The van der Waals surface area contributed by atoms with Gasteiger partial charge in [0.1, 0.15) is 11.1 Å². The molecule has 110 valence electrons. The fourth-order valence-electron chi connectivity index (χ4n) is 2.05. The largest absolute Gasteiger partial charge is 0.467 e. The molecule has 1 heterocycles. The summed E-state index contributed by atoms with van der Waals surface area (Å²) in [6.45, 7) is 5.26. The van der Waals surface area contributed by atoms with Crippen LogP contribution >= 0.6 is 0 Å². The van der Waals surface area contributed by atoms with E-state index in [0.717, 1.165) is 12.0 Å². The summed E-state index contributed by atoms with van der Waals surface area (Å²) in [6.07, 6.45) is -1.72. The van der Waals surface area contributed by atoms with Crippen LogP contribution < -0.4 is 0 Å². The van der Waals surface area contributed by atoms with Gasteiger partial charge in [0.2, 0.25) is 0 Å². The highest BCUT2D eigenvalue weighted by Crippen LogP contribution is 2.40. The molecule has 5 nitrogen and oxygen atoms in total. The van der Waals surface area contributed by atoms with E-state index in [9.17, 15) is 18.4 Å². The number of carbonyl (C=O) groups excluding carboxylic acids is 2. The van der Waals surface area contributed by atoms with E-state index in [2.05, 4.69) is 4.74 Å². The second kappa shape index (κ2) is 4.61. The van der Waals surface area contributed by atoms with Crippen LogP contribution in [0.3, 0.4) is 0 Å². The topological polar surface area (TPSA) is 55.8 Å². The fourth-order valence-corrected chi connectivity index (χ4v) is 2.05. The Labute approximate surface area is 110 Å². The molecule has 19 heavy (non-hydrogen) atoms. The molecule has 0 saturated carbocycles. The molecular weight excluding hydrogens is 260 g/mol. The molecule has 1 unspecified atom stereocenters. The van der Waals surface area contributed by atoms with Gasteiger partial charge < -0.3 is 9.47 Å². The first kappa shape index (κ1) is 15.7. The van der Waals surface area contributed by atoms with Crippen molar-refractivity contribution >= 4 is 12.1 Å². The van der Waals surface area contributed by atoms with Crippen molar-refractivity contribution in [2.75, 3.05) is 13.7 Å². The second-order valence-electron chi connectivity index (χ2n) is 5.86. The standard InChI is InChI=1S/C12H19F2NO4/c1-10(2,3)19-9(17)15-7-12(13,14)6-11(15,4)8(16)18-5/h6-7H2,1-5H3. The Morgan fingerprint density at radius 1 is 1.26 bits per heavy atom. The van der Waals surface area contributed by atoms with Gasteiger partial charge in [0, 0.05) is 6.42 Å². The maximum atomic E-state index is 13.5. The molecule has 0 bridgehead atoms. The summed E-state index contributed by atoms with van der Waals surface area (Å²) in [6, 6.07) is 0. The monoisotopic (exact) mass is 279 g/mol. The van der Waals surface area contributed by atoms with Gasteiger partial charge in [0.05, 0.1) is 13.7 Å². The Hall–Kier alpha value is -1.40. The minimum atomic E-state index is -3.14. The van der Waals surface area contributed by atoms with Crippen molar-refractivity contribution < 1.29 is 27.8 Å². The molecule has 0 N–H and O–H groups in total. The van der Waals surface area contributed by atoms with Gasteiger partial charge in [-0.05, 0) is 27.7 Å². The summed E-state index contributed by atoms with van der Waals surface area (Å²) < 4.78 is 36.6. The summed E-state index contributed by atoms with van der Waals surface area (Å²) in [5, 5.41) is 0. The normalized spacial score (nSPS) is 26.2. The van der Waals surface area contributed by atoms with Gasteiger partial charge in [-0.2, -0.15) is 0 Å². The van der Waals surface area contributed by atoms with Crippen molar-refractivity contribution in [2.24, 2.45) is 0 Å². The van der Waals surface area contributed by atoms with Gasteiger partial charge in [-0.3, -0.25) is 4.90 Å². The quantitative estimate of drug-likeness (QED) is 0.690. The molecule has 0 aliphatic carbocycles. The number of alkyl halides is 2. The maximum Gasteiger partial charge on any atom is 0.411 e. The summed E-state index contributed by atoms with van der Waals surface area (Å²) in [5.41, 5.74) is -2.54. The Bertz CT molecular complexity index is 392. The number of halogens is 2. The molecule has 0 radical (unpaired) electrons. The second-order valence-corrected chi connectivity index (χ2v) is 5.86. The molecule has 0 aromatic carbocycles. The van der Waals surface area contributed by atoms with Gasteiger partial charge in [0.15, 0.2) is 0 Å². The van der Waals surface area contributed by atoms with Crippen molar-refractivity contribution in [3.8, 4) is 0 Å². The third-order valence-electron chi connectivity index (χ3n) is 2.83. The first-order valence-corrected chi connectivity index (χ1v) is 5.88. The Kier molecular flexibility index (Phi) is 3.80. The highest BCUT2D eigenvalue weighted by atomic mass is 19.3. The van der Waals surface area contributed by atoms with Crippen LogP contribution in [0.25, 0.3) is 0 Å². The number of methoxy groups -OCH3 is 1. The van der Waals surface area contributed by atoms with Gasteiger partial charge in [-0.15, -0.1) is 0 Å². The van der Waals surface area contributed by atoms with Crippen LogP contribution in [0, 0.1) is 0 Å². The number of rotatable bonds is 1. The third-order valence-corrected chi connectivity index (χ3v) is 2.83. The molecule has 1 saturated heterocycles. The fraction of sp³-hybridized carbons (Fsp3) is 0.833. The minimum absolute atomic E-state index is 0.740. The number of carbonyl (C=O) groups is 2. The summed E-state index contributed by atoms with van der Waals surface area (Å²) in [5.74, 6) is -4.02. The number of esters is 1. The number of hydrogen-bond donors (Lipinski definition) is 0. The van der Waals surface area contributed by atoms with Gasteiger partial charge in [0.25, 0.3) is 5.92 Å². The summed E-state index contributed by atoms with van der Waals surface area (Å²) in [4.78, 5) is 24.4. The zero-order valence-corrected chi connectivity index (χ0v) is 11.8. The van der Waals surface area contributed by atoms with E-state index in [0.29, 0.717) is 0 Å². The Morgan fingerprint density at radius 3 is 2.21 bits per heavy atom. The van der Waals surface area contributed by atoms with Crippen molar-refractivity contribution in [1.29, 1.82) is 0 Å². The Balaban J connectivity index is 3.02. The lowest BCUT2D eigenvalue weighted by molar-refractivity contribution is -0.152. The van der Waals surface area contributed by atoms with E-state index in [1.165, 1.54) is 6.92 Å². The molecule has 1 atom stereocenters. The summed E-state index contributed by atoms with van der Waals surface area (Å²) >= 11 is 0. The third kappa shape index (κ3) is 3.33. The van der Waals surface area contributed by atoms with E-state index in [4.69, 9.17) is 4.74 Å². The van der Waals surface area contributed by atoms with Crippen molar-refractivity contribution in [2.45, 2.75) is 51.2 Å². The molecule has 0 aromatic heterocycles. The first-order valence-electron chi connectivity index (χ1n) is 5.88. The lowest BCUT2D eigenvalue weighted by Gasteiger charge is -2.33. The molecule has 1 fully saturated rings. The van der Waals surface area contributed by atoms with Crippen molar-refractivity contribution in [1.82, 2.24) is 4.90 Å². The van der Waals surface area contributed by atoms with E-state index >= 15 is 0 Å². The minimum Gasteiger partial charge on any atom is -0.467 e. The van der Waals surface area contributed by atoms with Gasteiger partial charge in [-0.1, -0.05) is 0 Å². The Morgan fingerprint density at radius 2 is 1.79 bits per heavy atom. The molecule has 1 amide bonds. The number of ether oxygens (including phenoxy) is 2. The number of hydrogen-bond acceptors (Lipinski definition) is 4. The van der Waals surface area contributed by atoms with E-state index in [1.54, 1.807) is 20.8 Å². The first-order chi connectivity index (χ1) is 8.41. The molecule has 1 rings (SSSR count). The van der Waals surface area contributed by atoms with E-state index in [-0.39, 0.29) is 0 Å². The van der Waals surface area contributed by atoms with Crippen molar-refractivity contribution in [3.05, 3.63) is 0 Å². The van der Waals surface area contributed by atoms with Crippen LogP contribution in [0.4, 0.5) is 13.6 Å². The summed E-state index contributed by atoms with van der Waals surface area (Å²) in [7, 11) is 1.09. The average Bonchev–Trinajstić information content (AvgIpc) is 2.46. The zero-order valence-electron chi connectivity index (χ0n) is 11.8. The molecule has 0 aromatic rings. The van der Waals surface area contributed by atoms with Gasteiger partial charge >= 0.3 is 12.1 Å². The number of amides is 1. The number of nitrogens with zero attached hydrogens (tertiary/aromatic N) is 1. The highest BCUT2D eigenvalue weighted by molar-refractivity contribution is 5.86. The number of likely N-dealkylation sites (tertiary alicyclic amines) is 1. The maximum absolute atomic E-state index is 13.5. The molecule has 0 spiro atoms. The average molecular weight is 279 g/mol. The lowest BCUT2D eigenvalue weighted by Crippen LogP contribution is -2.52. The molecule has 1 aliphatic heterocycles. The highest BCUT2D eigenvalue weighted by Gasteiger charge is 2.59. The lowest BCUT2D eigenvalue weighted by atomic mass is 9.98. The SMILES string of the molecule is COC(=O)C1(C)CC(F)(F)CN1C(=O)OC(C)(C)C. The van der Waals surface area contributed by atoms with Gasteiger partial charge in [-0.25, -0.2) is 18.4 Å². The van der Waals surface area contributed by atoms with Crippen LogP contribution in [0.5, 0.6) is 0 Å².